The first-order valence-corrected chi connectivity index (χ1v) is 6.52. The highest BCUT2D eigenvalue weighted by molar-refractivity contribution is 5.21. The molecule has 3 nitrogen and oxygen atoms in total. The third-order valence-electron chi connectivity index (χ3n) is 4.04. The Labute approximate surface area is 104 Å². The van der Waals surface area contributed by atoms with E-state index in [2.05, 4.69) is 29.8 Å². The van der Waals surface area contributed by atoms with Gasteiger partial charge in [-0.15, -0.1) is 0 Å². The maximum atomic E-state index is 5.84. The lowest BCUT2D eigenvalue weighted by molar-refractivity contribution is 0.126. The Kier molecular flexibility index (Phi) is 4.13. The van der Waals surface area contributed by atoms with Crippen LogP contribution in [-0.2, 0) is 6.54 Å². The van der Waals surface area contributed by atoms with Crippen molar-refractivity contribution < 1.29 is 0 Å². The molecule has 0 bridgehead atoms. The van der Waals surface area contributed by atoms with E-state index in [0.717, 1.165) is 25.6 Å². The number of piperidine rings is 1. The molecule has 1 fully saturated rings. The molecular formula is C14H23N3. The Morgan fingerprint density at radius 3 is 3.06 bits per heavy atom. The van der Waals surface area contributed by atoms with Crippen molar-refractivity contribution in [3.63, 3.8) is 0 Å². The number of aromatic nitrogens is 1. The Hall–Kier alpha value is -0.930. The van der Waals surface area contributed by atoms with E-state index in [1.165, 1.54) is 24.1 Å². The maximum absolute atomic E-state index is 5.84. The average Bonchev–Trinajstić information content (AvgIpc) is 2.34. The number of likely N-dealkylation sites (tertiary alicyclic amines) is 1. The number of aryl methyl sites for hydroxylation is 1. The monoisotopic (exact) mass is 233 g/mol. The molecule has 2 rings (SSSR count). The fourth-order valence-electron chi connectivity index (χ4n) is 2.58. The third-order valence-corrected chi connectivity index (χ3v) is 4.04. The summed E-state index contributed by atoms with van der Waals surface area (Å²) < 4.78 is 0. The second-order valence-corrected chi connectivity index (χ2v) is 5.30. The molecule has 0 saturated carbocycles. The molecule has 0 spiro atoms. The fourth-order valence-corrected chi connectivity index (χ4v) is 2.58. The van der Waals surface area contributed by atoms with E-state index in [4.69, 9.17) is 5.73 Å². The zero-order valence-electron chi connectivity index (χ0n) is 10.9. The summed E-state index contributed by atoms with van der Waals surface area (Å²) in [6.45, 7) is 8.62. The highest BCUT2D eigenvalue weighted by atomic mass is 15.1. The van der Waals surface area contributed by atoms with Gasteiger partial charge in [-0.25, -0.2) is 0 Å². The van der Waals surface area contributed by atoms with Crippen LogP contribution in [0.5, 0.6) is 0 Å². The summed E-state index contributed by atoms with van der Waals surface area (Å²) in [6, 6.07) is 2.09. The molecule has 17 heavy (non-hydrogen) atoms. The van der Waals surface area contributed by atoms with E-state index in [1.807, 2.05) is 12.4 Å². The smallest absolute Gasteiger partial charge is 0.0315 e. The molecular weight excluding hydrogens is 210 g/mol. The molecule has 0 aromatic carbocycles. The van der Waals surface area contributed by atoms with Crippen LogP contribution >= 0.6 is 0 Å². The van der Waals surface area contributed by atoms with Crippen LogP contribution in [0.15, 0.2) is 18.5 Å². The molecule has 2 N–H and O–H groups in total. The van der Waals surface area contributed by atoms with Crippen LogP contribution in [0.25, 0.3) is 0 Å². The van der Waals surface area contributed by atoms with E-state index in [-0.39, 0.29) is 0 Å². The zero-order chi connectivity index (χ0) is 12.3. The number of pyridine rings is 1. The van der Waals surface area contributed by atoms with Gasteiger partial charge in [-0.05, 0) is 55.5 Å². The summed E-state index contributed by atoms with van der Waals surface area (Å²) in [7, 11) is 0. The summed E-state index contributed by atoms with van der Waals surface area (Å²) in [6.07, 6.45) is 5.12. The second-order valence-electron chi connectivity index (χ2n) is 5.30. The molecule has 1 aliphatic rings. The number of rotatable bonds is 3. The van der Waals surface area contributed by atoms with Crippen molar-refractivity contribution in [3.8, 4) is 0 Å². The lowest BCUT2D eigenvalue weighted by Crippen LogP contribution is -2.42. The predicted octanol–water partition coefficient (Wildman–Crippen LogP) is 1.81. The van der Waals surface area contributed by atoms with E-state index in [0.29, 0.717) is 5.92 Å². The lowest BCUT2D eigenvalue weighted by Gasteiger charge is -2.36. The van der Waals surface area contributed by atoms with Gasteiger partial charge < -0.3 is 5.73 Å². The van der Waals surface area contributed by atoms with E-state index >= 15 is 0 Å². The minimum atomic E-state index is 0.653. The molecule has 2 heterocycles. The van der Waals surface area contributed by atoms with Crippen molar-refractivity contribution in [1.29, 1.82) is 0 Å². The van der Waals surface area contributed by atoms with Crippen molar-refractivity contribution in [2.24, 2.45) is 17.6 Å². The Morgan fingerprint density at radius 1 is 1.53 bits per heavy atom. The first kappa shape index (κ1) is 12.5. The highest BCUT2D eigenvalue weighted by Gasteiger charge is 2.25. The summed E-state index contributed by atoms with van der Waals surface area (Å²) in [5.41, 5.74) is 8.52. The van der Waals surface area contributed by atoms with Crippen LogP contribution in [0.2, 0.25) is 0 Å². The third kappa shape index (κ3) is 3.05. The topological polar surface area (TPSA) is 42.2 Å². The summed E-state index contributed by atoms with van der Waals surface area (Å²) in [5, 5.41) is 0. The van der Waals surface area contributed by atoms with Crippen LogP contribution in [0.1, 0.15) is 24.5 Å². The van der Waals surface area contributed by atoms with Gasteiger partial charge in [0.25, 0.3) is 0 Å². The van der Waals surface area contributed by atoms with Gasteiger partial charge in [-0.2, -0.15) is 0 Å². The second kappa shape index (κ2) is 5.61. The molecule has 2 atom stereocenters. The zero-order valence-corrected chi connectivity index (χ0v) is 10.9. The number of nitrogens with two attached hydrogens (primary N) is 1. The van der Waals surface area contributed by atoms with Gasteiger partial charge in [0.1, 0.15) is 0 Å². The quantitative estimate of drug-likeness (QED) is 0.865. The predicted molar refractivity (Wildman–Crippen MR) is 70.6 cm³/mol. The summed E-state index contributed by atoms with van der Waals surface area (Å²) in [4.78, 5) is 6.73. The lowest BCUT2D eigenvalue weighted by atomic mass is 9.87. The van der Waals surface area contributed by atoms with E-state index in [9.17, 15) is 0 Å². The van der Waals surface area contributed by atoms with Crippen LogP contribution in [0, 0.1) is 18.8 Å². The molecule has 94 valence electrons. The molecule has 3 heteroatoms. The maximum Gasteiger partial charge on any atom is 0.0315 e. The molecule has 1 aromatic rings. The minimum Gasteiger partial charge on any atom is -0.330 e. The first-order chi connectivity index (χ1) is 8.20. The Morgan fingerprint density at radius 2 is 2.35 bits per heavy atom. The van der Waals surface area contributed by atoms with Crippen molar-refractivity contribution >= 4 is 0 Å². The minimum absolute atomic E-state index is 0.653. The standard InChI is InChI=1S/C14H23N3/c1-11-3-5-16-8-14(11)10-17-6-4-12(2)13(7-15)9-17/h3,5,8,12-13H,4,6-7,9-10,15H2,1-2H3. The Bertz CT molecular complexity index is 364. The molecule has 0 aliphatic carbocycles. The largest absolute Gasteiger partial charge is 0.330 e. The van der Waals surface area contributed by atoms with Crippen molar-refractivity contribution in [1.82, 2.24) is 9.88 Å². The molecule has 2 unspecified atom stereocenters. The van der Waals surface area contributed by atoms with Crippen LogP contribution in [0.3, 0.4) is 0 Å². The van der Waals surface area contributed by atoms with Crippen molar-refractivity contribution in [3.05, 3.63) is 29.6 Å². The van der Waals surface area contributed by atoms with Crippen LogP contribution in [0.4, 0.5) is 0 Å². The van der Waals surface area contributed by atoms with Gasteiger partial charge in [0.2, 0.25) is 0 Å². The molecule has 1 aliphatic heterocycles. The van der Waals surface area contributed by atoms with Crippen LogP contribution in [-0.4, -0.2) is 29.5 Å². The molecule has 1 aromatic heterocycles. The van der Waals surface area contributed by atoms with Gasteiger partial charge in [0, 0.05) is 25.5 Å². The number of nitrogens with zero attached hydrogens (tertiary/aromatic N) is 2. The summed E-state index contributed by atoms with van der Waals surface area (Å²) in [5.74, 6) is 1.42. The fraction of sp³-hybridized carbons (Fsp3) is 0.643. The Balaban J connectivity index is 1.98. The van der Waals surface area contributed by atoms with E-state index in [1.54, 1.807) is 0 Å². The summed E-state index contributed by atoms with van der Waals surface area (Å²) >= 11 is 0. The molecule has 1 saturated heterocycles. The van der Waals surface area contributed by atoms with E-state index < -0.39 is 0 Å². The molecule has 0 radical (unpaired) electrons. The normalized spacial score (nSPS) is 26.1. The number of hydrogen-bond acceptors (Lipinski definition) is 3. The van der Waals surface area contributed by atoms with Crippen molar-refractivity contribution in [2.45, 2.75) is 26.8 Å². The van der Waals surface area contributed by atoms with Gasteiger partial charge in [-0.3, -0.25) is 9.88 Å². The number of hydrogen-bond donors (Lipinski definition) is 1. The van der Waals surface area contributed by atoms with Gasteiger partial charge in [-0.1, -0.05) is 6.92 Å². The van der Waals surface area contributed by atoms with Gasteiger partial charge in [0.15, 0.2) is 0 Å². The average molecular weight is 233 g/mol. The van der Waals surface area contributed by atoms with Gasteiger partial charge in [0.05, 0.1) is 0 Å². The van der Waals surface area contributed by atoms with Crippen molar-refractivity contribution in [2.75, 3.05) is 19.6 Å². The highest BCUT2D eigenvalue weighted by Crippen LogP contribution is 2.23. The van der Waals surface area contributed by atoms with Gasteiger partial charge >= 0.3 is 0 Å². The SMILES string of the molecule is Cc1ccncc1CN1CCC(C)C(CN)C1. The van der Waals surface area contributed by atoms with Crippen LogP contribution < -0.4 is 5.73 Å². The molecule has 0 amide bonds. The first-order valence-electron chi connectivity index (χ1n) is 6.52.